The number of ketones is 2. The number of fused-ring (bicyclic) bond motifs is 1. The van der Waals surface area contributed by atoms with Gasteiger partial charge in [0.05, 0.1) is 23.1 Å². The van der Waals surface area contributed by atoms with E-state index in [1.165, 1.54) is 0 Å². The third kappa shape index (κ3) is 10.0. The van der Waals surface area contributed by atoms with Crippen molar-refractivity contribution in [2.24, 2.45) is 5.92 Å². The summed E-state index contributed by atoms with van der Waals surface area (Å²) in [6.07, 6.45) is 2.93. The van der Waals surface area contributed by atoms with Crippen LogP contribution in [0, 0.1) is 5.92 Å². The molecule has 2 N–H and O–H groups in total. The molecule has 2 aromatic carbocycles. The normalized spacial score (nSPS) is 12.9. The van der Waals surface area contributed by atoms with Crippen LogP contribution in [-0.4, -0.2) is 40.0 Å². The van der Waals surface area contributed by atoms with E-state index in [9.17, 15) is 19.2 Å². The lowest BCUT2D eigenvalue weighted by Crippen LogP contribution is -2.44. The Morgan fingerprint density at radius 1 is 0.875 bits per heavy atom. The standard InChI is InChI=1S/C32H39N3O5/c1-22(29(37)17-15-24-18-19-33-28-13-9-8-12-27(24)28)34-31(39)25(21-30(38)35-40-32(2,3)4)20-26(36)16-14-23-10-6-5-7-11-23/h5-13,18-19,22,25H,14-17,20-21H2,1-4H3,(H,34,39)(H,35,38)/t22-,25-/m0/s1. The van der Waals surface area contributed by atoms with Crippen LogP contribution in [0.25, 0.3) is 10.9 Å². The molecule has 0 spiro atoms. The van der Waals surface area contributed by atoms with Crippen molar-refractivity contribution < 1.29 is 24.0 Å². The average Bonchev–Trinajstić information content (AvgIpc) is 2.93. The molecule has 8 heteroatoms. The Balaban J connectivity index is 1.60. The number of amides is 2. The summed E-state index contributed by atoms with van der Waals surface area (Å²) in [5.41, 5.74) is 4.65. The van der Waals surface area contributed by atoms with Crippen LogP contribution in [0.3, 0.4) is 0 Å². The molecule has 0 radical (unpaired) electrons. The molecule has 0 saturated carbocycles. The molecule has 0 aliphatic heterocycles. The molecule has 0 bridgehead atoms. The van der Waals surface area contributed by atoms with Crippen molar-refractivity contribution in [1.29, 1.82) is 0 Å². The third-order valence-electron chi connectivity index (χ3n) is 6.50. The Bertz CT molecular complexity index is 1310. The maximum absolute atomic E-state index is 13.2. The molecule has 0 aliphatic carbocycles. The molecule has 1 aromatic heterocycles. The number of carbonyl (C=O) groups is 4. The molecule has 0 saturated heterocycles. The Labute approximate surface area is 235 Å². The number of carbonyl (C=O) groups excluding carboxylic acids is 4. The molecule has 212 valence electrons. The van der Waals surface area contributed by atoms with Crippen molar-refractivity contribution in [3.8, 4) is 0 Å². The minimum absolute atomic E-state index is 0.106. The van der Waals surface area contributed by atoms with Gasteiger partial charge in [-0.05, 0) is 63.8 Å². The molecule has 0 fully saturated rings. The maximum Gasteiger partial charge on any atom is 0.244 e. The van der Waals surface area contributed by atoms with E-state index < -0.39 is 29.4 Å². The predicted octanol–water partition coefficient (Wildman–Crippen LogP) is 4.69. The maximum atomic E-state index is 13.2. The topological polar surface area (TPSA) is 114 Å². The van der Waals surface area contributed by atoms with Gasteiger partial charge in [-0.15, -0.1) is 0 Å². The average molecular weight is 546 g/mol. The molecule has 0 unspecified atom stereocenters. The van der Waals surface area contributed by atoms with Gasteiger partial charge in [-0.3, -0.25) is 29.0 Å². The van der Waals surface area contributed by atoms with Gasteiger partial charge in [-0.25, -0.2) is 5.48 Å². The SMILES string of the molecule is C[C@H](NC(=O)[C@@H](CC(=O)CCc1ccccc1)CC(=O)NOC(C)(C)C)C(=O)CCc1ccnc2ccccc12. The van der Waals surface area contributed by atoms with E-state index in [4.69, 9.17) is 4.84 Å². The largest absolute Gasteiger partial charge is 0.346 e. The van der Waals surface area contributed by atoms with Gasteiger partial charge < -0.3 is 5.32 Å². The number of benzene rings is 2. The van der Waals surface area contributed by atoms with Gasteiger partial charge in [0.1, 0.15) is 5.78 Å². The number of pyridine rings is 1. The fraction of sp³-hybridized carbons (Fsp3) is 0.406. The first kappa shape index (κ1) is 30.6. The van der Waals surface area contributed by atoms with E-state index in [-0.39, 0.29) is 37.2 Å². The second kappa shape index (κ2) is 14.5. The van der Waals surface area contributed by atoms with Crippen LogP contribution in [0.4, 0.5) is 0 Å². The fourth-order valence-corrected chi connectivity index (χ4v) is 4.30. The summed E-state index contributed by atoms with van der Waals surface area (Å²) in [6.45, 7) is 6.98. The van der Waals surface area contributed by atoms with Crippen molar-refractivity contribution in [3.63, 3.8) is 0 Å². The number of aromatic nitrogens is 1. The summed E-state index contributed by atoms with van der Waals surface area (Å²) >= 11 is 0. The van der Waals surface area contributed by atoms with Crippen molar-refractivity contribution in [1.82, 2.24) is 15.8 Å². The van der Waals surface area contributed by atoms with E-state index in [0.29, 0.717) is 12.8 Å². The minimum Gasteiger partial charge on any atom is -0.346 e. The van der Waals surface area contributed by atoms with Crippen LogP contribution in [-0.2, 0) is 36.9 Å². The smallest absolute Gasteiger partial charge is 0.244 e. The first-order chi connectivity index (χ1) is 19.0. The van der Waals surface area contributed by atoms with Crippen molar-refractivity contribution in [3.05, 3.63) is 78.0 Å². The number of nitrogens with zero attached hydrogens (tertiary/aromatic N) is 1. The summed E-state index contributed by atoms with van der Waals surface area (Å²) in [5, 5.41) is 3.73. The van der Waals surface area contributed by atoms with Crippen molar-refractivity contribution in [2.75, 3.05) is 0 Å². The van der Waals surface area contributed by atoms with Crippen LogP contribution in [0.1, 0.15) is 64.5 Å². The van der Waals surface area contributed by atoms with E-state index in [2.05, 4.69) is 15.8 Å². The molecule has 3 rings (SSSR count). The van der Waals surface area contributed by atoms with Gasteiger partial charge in [-0.1, -0.05) is 48.5 Å². The Hall–Kier alpha value is -3.91. The van der Waals surface area contributed by atoms with Gasteiger partial charge in [0.2, 0.25) is 11.8 Å². The van der Waals surface area contributed by atoms with Crippen LogP contribution in [0.2, 0.25) is 0 Å². The van der Waals surface area contributed by atoms with Crippen molar-refractivity contribution in [2.45, 2.75) is 77.9 Å². The molecular formula is C32H39N3O5. The molecule has 0 aliphatic rings. The Morgan fingerprint density at radius 2 is 1.57 bits per heavy atom. The summed E-state index contributed by atoms with van der Waals surface area (Å²) < 4.78 is 0. The first-order valence-electron chi connectivity index (χ1n) is 13.7. The second-order valence-corrected chi connectivity index (χ2v) is 11.1. The van der Waals surface area contributed by atoms with Gasteiger partial charge in [0, 0.05) is 37.3 Å². The Morgan fingerprint density at radius 3 is 2.30 bits per heavy atom. The van der Waals surface area contributed by atoms with Gasteiger partial charge in [-0.2, -0.15) is 0 Å². The molecular weight excluding hydrogens is 506 g/mol. The molecule has 3 aromatic rings. The Kier molecular flexibility index (Phi) is 11.1. The van der Waals surface area contributed by atoms with Gasteiger partial charge in [0.15, 0.2) is 5.78 Å². The summed E-state index contributed by atoms with van der Waals surface area (Å²) in [4.78, 5) is 61.2. The number of aryl methyl sites for hydroxylation is 2. The first-order valence-corrected chi connectivity index (χ1v) is 13.7. The summed E-state index contributed by atoms with van der Waals surface area (Å²) in [6, 6.07) is 18.5. The van der Waals surface area contributed by atoms with Gasteiger partial charge >= 0.3 is 0 Å². The van der Waals surface area contributed by atoms with E-state index >= 15 is 0 Å². The molecule has 1 heterocycles. The van der Waals surface area contributed by atoms with E-state index in [1.54, 1.807) is 33.9 Å². The fourth-order valence-electron chi connectivity index (χ4n) is 4.30. The zero-order chi connectivity index (χ0) is 29.1. The lowest BCUT2D eigenvalue weighted by Gasteiger charge is -2.22. The quantitative estimate of drug-likeness (QED) is 0.284. The number of hydroxylamine groups is 1. The van der Waals surface area contributed by atoms with Crippen LogP contribution < -0.4 is 10.8 Å². The minimum atomic E-state index is -0.925. The third-order valence-corrected chi connectivity index (χ3v) is 6.50. The second-order valence-electron chi connectivity index (χ2n) is 11.1. The van der Waals surface area contributed by atoms with Crippen LogP contribution >= 0.6 is 0 Å². The number of hydrogen-bond donors (Lipinski definition) is 2. The van der Waals surface area contributed by atoms with Crippen molar-refractivity contribution >= 4 is 34.3 Å². The summed E-state index contributed by atoms with van der Waals surface area (Å²) in [7, 11) is 0. The number of Topliss-reactive ketones (excluding diaryl/α,β-unsaturated/α-hetero) is 2. The van der Waals surface area contributed by atoms with E-state index in [0.717, 1.165) is 22.0 Å². The predicted molar refractivity (Wildman–Crippen MR) is 154 cm³/mol. The number of rotatable bonds is 14. The summed E-state index contributed by atoms with van der Waals surface area (Å²) in [5.74, 6) is -2.20. The highest BCUT2D eigenvalue weighted by Gasteiger charge is 2.28. The number of para-hydroxylation sites is 1. The molecule has 8 nitrogen and oxygen atoms in total. The highest BCUT2D eigenvalue weighted by molar-refractivity contribution is 5.94. The molecule has 40 heavy (non-hydrogen) atoms. The molecule has 2 atom stereocenters. The molecule has 2 amide bonds. The number of nitrogens with one attached hydrogen (secondary N) is 2. The lowest BCUT2D eigenvalue weighted by molar-refractivity contribution is -0.148. The van der Waals surface area contributed by atoms with Gasteiger partial charge in [0.25, 0.3) is 0 Å². The number of hydrogen-bond acceptors (Lipinski definition) is 6. The zero-order valence-electron chi connectivity index (χ0n) is 23.7. The van der Waals surface area contributed by atoms with E-state index in [1.807, 2.05) is 60.7 Å². The highest BCUT2D eigenvalue weighted by Crippen LogP contribution is 2.19. The monoisotopic (exact) mass is 545 g/mol. The zero-order valence-corrected chi connectivity index (χ0v) is 23.7. The van der Waals surface area contributed by atoms with Crippen LogP contribution in [0.5, 0.6) is 0 Å². The lowest BCUT2D eigenvalue weighted by atomic mass is 9.94. The van der Waals surface area contributed by atoms with Crippen LogP contribution in [0.15, 0.2) is 66.9 Å². The highest BCUT2D eigenvalue weighted by atomic mass is 16.7.